The Bertz CT molecular complexity index is 1180. The summed E-state index contributed by atoms with van der Waals surface area (Å²) in [5.74, 6) is 0. The molecule has 27 heavy (non-hydrogen) atoms. The van der Waals surface area contributed by atoms with E-state index in [0.717, 1.165) is 27.9 Å². The molecule has 0 bridgehead atoms. The zero-order valence-electron chi connectivity index (χ0n) is 15.9. The van der Waals surface area contributed by atoms with Gasteiger partial charge in [0.15, 0.2) is 0 Å². The van der Waals surface area contributed by atoms with Crippen LogP contribution in [0.4, 0.5) is 0 Å². The second-order valence-electron chi connectivity index (χ2n) is 7.10. The van der Waals surface area contributed by atoms with Crippen molar-refractivity contribution in [3.05, 3.63) is 64.0 Å². The van der Waals surface area contributed by atoms with Gasteiger partial charge in [0, 0.05) is 31.9 Å². The van der Waals surface area contributed by atoms with Gasteiger partial charge in [0.25, 0.3) is 5.56 Å². The Balaban J connectivity index is 1.99. The van der Waals surface area contributed by atoms with Gasteiger partial charge in [-0.25, -0.2) is 4.98 Å². The summed E-state index contributed by atoms with van der Waals surface area (Å²) in [5.41, 5.74) is 5.97. The number of H-pyrrole nitrogens is 1. The molecule has 0 aliphatic carbocycles. The van der Waals surface area contributed by atoms with Gasteiger partial charge < -0.3 is 4.98 Å². The molecule has 7 nitrogen and oxygen atoms in total. The maximum absolute atomic E-state index is 12.3. The molecular formula is C20H22N6O. The van der Waals surface area contributed by atoms with Crippen LogP contribution in [0.5, 0.6) is 0 Å². The number of hydrogen-bond donors (Lipinski definition) is 1. The first kappa shape index (κ1) is 17.2. The Labute approximate surface area is 156 Å². The number of nitrogens with one attached hydrogen (secondary N) is 1. The highest BCUT2D eigenvalue weighted by molar-refractivity contribution is 5.84. The van der Waals surface area contributed by atoms with Crippen LogP contribution in [-0.4, -0.2) is 29.5 Å². The van der Waals surface area contributed by atoms with Crippen LogP contribution in [0.15, 0.2) is 41.6 Å². The molecule has 0 saturated carbocycles. The largest absolute Gasteiger partial charge is 0.329 e. The smallest absolute Gasteiger partial charge is 0.257 e. The third-order valence-corrected chi connectivity index (χ3v) is 4.64. The molecule has 0 saturated heterocycles. The van der Waals surface area contributed by atoms with Gasteiger partial charge in [-0.05, 0) is 50.1 Å². The molecule has 0 unspecified atom stereocenters. The van der Waals surface area contributed by atoms with Crippen molar-refractivity contribution in [1.29, 1.82) is 0 Å². The fraction of sp³-hybridized carbons (Fsp3) is 0.300. The van der Waals surface area contributed by atoms with Crippen molar-refractivity contribution in [3.63, 3.8) is 0 Å². The number of pyridine rings is 2. The first-order valence-electron chi connectivity index (χ1n) is 8.98. The van der Waals surface area contributed by atoms with Crippen molar-refractivity contribution in [1.82, 2.24) is 29.5 Å². The maximum atomic E-state index is 12.3. The number of hydrogen-bond acceptors (Lipinski definition) is 4. The van der Waals surface area contributed by atoms with E-state index in [9.17, 15) is 4.79 Å². The zero-order valence-corrected chi connectivity index (χ0v) is 15.9. The Morgan fingerprint density at radius 1 is 1.30 bits per heavy atom. The molecule has 0 fully saturated rings. The number of aryl methyl sites for hydroxylation is 2. The normalized spacial score (nSPS) is 11.6. The van der Waals surface area contributed by atoms with Gasteiger partial charge in [0.2, 0.25) is 0 Å². The number of fused-ring (bicyclic) bond motifs is 1. The SMILES string of the molecule is Cc1nn(C(C)C)c2c(Cc3cnn(C)c3)cc(-c3ccc[nH]c3=O)nc12. The Hall–Kier alpha value is -3.22. The van der Waals surface area contributed by atoms with Crippen LogP contribution >= 0.6 is 0 Å². The molecule has 1 N–H and O–H groups in total. The minimum Gasteiger partial charge on any atom is -0.329 e. The molecule has 0 aromatic carbocycles. The van der Waals surface area contributed by atoms with Gasteiger partial charge in [0.05, 0.1) is 28.7 Å². The van der Waals surface area contributed by atoms with Gasteiger partial charge in [-0.3, -0.25) is 14.2 Å². The van der Waals surface area contributed by atoms with Gasteiger partial charge in [0.1, 0.15) is 5.52 Å². The molecule has 7 heteroatoms. The van der Waals surface area contributed by atoms with E-state index < -0.39 is 0 Å². The van der Waals surface area contributed by atoms with E-state index in [1.807, 2.05) is 43.2 Å². The summed E-state index contributed by atoms with van der Waals surface area (Å²) in [6.07, 6.45) is 6.19. The Kier molecular flexibility index (Phi) is 4.14. The molecule has 0 radical (unpaired) electrons. The molecule has 0 aliphatic rings. The van der Waals surface area contributed by atoms with Crippen LogP contribution in [0, 0.1) is 6.92 Å². The minimum absolute atomic E-state index is 0.148. The quantitative estimate of drug-likeness (QED) is 0.605. The van der Waals surface area contributed by atoms with Crippen molar-refractivity contribution in [3.8, 4) is 11.3 Å². The summed E-state index contributed by atoms with van der Waals surface area (Å²) in [7, 11) is 1.91. The fourth-order valence-electron chi connectivity index (χ4n) is 3.41. The summed E-state index contributed by atoms with van der Waals surface area (Å²) in [5, 5.41) is 8.98. The van der Waals surface area contributed by atoms with Crippen LogP contribution in [0.25, 0.3) is 22.3 Å². The second-order valence-corrected chi connectivity index (χ2v) is 7.10. The third-order valence-electron chi connectivity index (χ3n) is 4.64. The van der Waals surface area contributed by atoms with E-state index in [-0.39, 0.29) is 11.6 Å². The lowest BCUT2D eigenvalue weighted by Crippen LogP contribution is -2.09. The monoisotopic (exact) mass is 362 g/mol. The van der Waals surface area contributed by atoms with Crippen LogP contribution in [-0.2, 0) is 13.5 Å². The van der Waals surface area contributed by atoms with E-state index in [1.165, 1.54) is 0 Å². The number of aromatic nitrogens is 6. The minimum atomic E-state index is -0.148. The van der Waals surface area contributed by atoms with Gasteiger partial charge in [-0.1, -0.05) is 0 Å². The summed E-state index contributed by atoms with van der Waals surface area (Å²) < 4.78 is 3.81. The van der Waals surface area contributed by atoms with E-state index in [2.05, 4.69) is 23.9 Å². The average molecular weight is 362 g/mol. The van der Waals surface area contributed by atoms with Gasteiger partial charge in [-0.2, -0.15) is 10.2 Å². The van der Waals surface area contributed by atoms with Crippen molar-refractivity contribution >= 4 is 11.0 Å². The average Bonchev–Trinajstić information content (AvgIpc) is 3.19. The molecule has 0 amide bonds. The number of rotatable bonds is 4. The Morgan fingerprint density at radius 3 is 2.78 bits per heavy atom. The molecule has 0 spiro atoms. The molecule has 4 aromatic rings. The summed E-state index contributed by atoms with van der Waals surface area (Å²) in [6.45, 7) is 6.17. The number of nitrogens with zero attached hydrogens (tertiary/aromatic N) is 5. The van der Waals surface area contributed by atoms with Crippen LogP contribution in [0.2, 0.25) is 0 Å². The highest BCUT2D eigenvalue weighted by Gasteiger charge is 2.19. The van der Waals surface area contributed by atoms with Crippen molar-refractivity contribution in [2.45, 2.75) is 33.2 Å². The first-order valence-corrected chi connectivity index (χ1v) is 8.98. The summed E-state index contributed by atoms with van der Waals surface area (Å²) >= 11 is 0. The summed E-state index contributed by atoms with van der Waals surface area (Å²) in [4.78, 5) is 19.8. The fourth-order valence-corrected chi connectivity index (χ4v) is 3.41. The molecule has 138 valence electrons. The first-order chi connectivity index (χ1) is 12.9. The maximum Gasteiger partial charge on any atom is 0.257 e. The predicted octanol–water partition coefficient (Wildman–Crippen LogP) is 3.00. The van der Waals surface area contributed by atoms with Crippen molar-refractivity contribution in [2.75, 3.05) is 0 Å². The van der Waals surface area contributed by atoms with Gasteiger partial charge >= 0.3 is 0 Å². The second kappa shape index (κ2) is 6.50. The predicted molar refractivity (Wildman–Crippen MR) is 105 cm³/mol. The lowest BCUT2D eigenvalue weighted by Gasteiger charge is -2.12. The zero-order chi connectivity index (χ0) is 19.1. The molecular weight excluding hydrogens is 340 g/mol. The third kappa shape index (κ3) is 3.05. The van der Waals surface area contributed by atoms with Crippen LogP contribution < -0.4 is 5.56 Å². The highest BCUT2D eigenvalue weighted by Crippen LogP contribution is 2.29. The van der Waals surface area contributed by atoms with Crippen LogP contribution in [0.1, 0.15) is 36.7 Å². The van der Waals surface area contributed by atoms with E-state index >= 15 is 0 Å². The lowest BCUT2D eigenvalue weighted by atomic mass is 10.0. The van der Waals surface area contributed by atoms with E-state index in [4.69, 9.17) is 10.1 Å². The van der Waals surface area contributed by atoms with Crippen molar-refractivity contribution < 1.29 is 0 Å². The van der Waals surface area contributed by atoms with E-state index in [1.54, 1.807) is 16.9 Å². The lowest BCUT2D eigenvalue weighted by molar-refractivity contribution is 0.546. The van der Waals surface area contributed by atoms with E-state index in [0.29, 0.717) is 17.7 Å². The molecule has 0 aliphatic heterocycles. The summed E-state index contributed by atoms with van der Waals surface area (Å²) in [6, 6.07) is 5.82. The van der Waals surface area contributed by atoms with Crippen LogP contribution in [0.3, 0.4) is 0 Å². The number of aromatic amines is 1. The standard InChI is InChI=1S/C20H22N6O/c1-12(2)26-19-15(8-14-10-22-25(4)11-14)9-17(23-18(19)13(3)24-26)16-6-5-7-21-20(16)27/h5-7,9-12H,8H2,1-4H3,(H,21,27). The molecule has 4 aromatic heterocycles. The van der Waals surface area contributed by atoms with Gasteiger partial charge in [-0.15, -0.1) is 0 Å². The Morgan fingerprint density at radius 2 is 2.11 bits per heavy atom. The topological polar surface area (TPSA) is 81.4 Å². The molecule has 4 heterocycles. The van der Waals surface area contributed by atoms with Crippen molar-refractivity contribution in [2.24, 2.45) is 7.05 Å². The highest BCUT2D eigenvalue weighted by atomic mass is 16.1. The molecule has 4 rings (SSSR count). The molecule has 0 atom stereocenters.